The van der Waals surface area contributed by atoms with Gasteiger partial charge in [-0.2, -0.15) is 5.10 Å². The van der Waals surface area contributed by atoms with Crippen molar-refractivity contribution in [2.45, 2.75) is 6.42 Å². The molecule has 1 amide bonds. The Morgan fingerprint density at radius 1 is 0.972 bits per heavy atom. The molecule has 0 unspecified atom stereocenters. The van der Waals surface area contributed by atoms with E-state index in [0.29, 0.717) is 51.5 Å². The van der Waals surface area contributed by atoms with Crippen molar-refractivity contribution in [2.24, 2.45) is 0 Å². The average Bonchev–Trinajstić information content (AvgIpc) is 3.33. The zero-order valence-corrected chi connectivity index (χ0v) is 21.5. The highest BCUT2D eigenvalue weighted by Crippen LogP contribution is 2.29. The Balaban J connectivity index is 1.65. The third-order valence-electron chi connectivity index (χ3n) is 5.76. The Kier molecular flexibility index (Phi) is 7.82. The van der Waals surface area contributed by atoms with Crippen LogP contribution in [-0.4, -0.2) is 48.4 Å². The van der Waals surface area contributed by atoms with Crippen LogP contribution in [0.25, 0.3) is 16.9 Å². The van der Waals surface area contributed by atoms with E-state index >= 15 is 0 Å². The molecule has 1 aromatic heterocycles. The first-order valence-corrected chi connectivity index (χ1v) is 11.8. The van der Waals surface area contributed by atoms with E-state index in [2.05, 4.69) is 5.10 Å². The maximum atomic E-state index is 14.5. The Morgan fingerprint density at radius 2 is 1.72 bits per heavy atom. The van der Waals surface area contributed by atoms with Crippen LogP contribution in [0.3, 0.4) is 0 Å². The maximum Gasteiger partial charge on any atom is 0.272 e. The SMILES string of the molecule is COc1ccc(CCN(C)C(=O)c2cc(-c3ccccc3F)nn2-c2ccc(Cl)c(Cl)c2)cc1OC. The van der Waals surface area contributed by atoms with E-state index in [0.717, 1.165) is 5.56 Å². The molecule has 4 aromatic rings. The summed E-state index contributed by atoms with van der Waals surface area (Å²) in [6, 6.07) is 18.4. The topological polar surface area (TPSA) is 56.6 Å². The number of methoxy groups -OCH3 is 2. The zero-order chi connectivity index (χ0) is 25.8. The van der Waals surface area contributed by atoms with Gasteiger partial charge < -0.3 is 14.4 Å². The molecule has 0 aliphatic carbocycles. The zero-order valence-electron chi connectivity index (χ0n) is 20.0. The van der Waals surface area contributed by atoms with Gasteiger partial charge in [0.05, 0.1) is 35.6 Å². The Morgan fingerprint density at radius 3 is 2.42 bits per heavy atom. The molecule has 9 heteroatoms. The number of hydrogen-bond donors (Lipinski definition) is 0. The molecule has 0 bridgehead atoms. The Labute approximate surface area is 218 Å². The molecule has 3 aromatic carbocycles. The number of halogens is 3. The molecule has 4 rings (SSSR count). The third kappa shape index (κ3) is 5.32. The highest BCUT2D eigenvalue weighted by Gasteiger charge is 2.22. The first kappa shape index (κ1) is 25.5. The smallest absolute Gasteiger partial charge is 0.272 e. The monoisotopic (exact) mass is 527 g/mol. The minimum absolute atomic E-state index is 0.265. The van der Waals surface area contributed by atoms with Crippen molar-refractivity contribution in [1.82, 2.24) is 14.7 Å². The fraction of sp³-hybridized carbons (Fsp3) is 0.185. The van der Waals surface area contributed by atoms with Gasteiger partial charge in [-0.05, 0) is 60.5 Å². The van der Waals surface area contributed by atoms with E-state index in [9.17, 15) is 9.18 Å². The van der Waals surface area contributed by atoms with Crippen LogP contribution < -0.4 is 9.47 Å². The lowest BCUT2D eigenvalue weighted by atomic mass is 10.1. The Hall–Kier alpha value is -3.55. The summed E-state index contributed by atoms with van der Waals surface area (Å²) in [5.74, 6) is 0.543. The number of carbonyl (C=O) groups excluding carboxylic acids is 1. The second-order valence-corrected chi connectivity index (χ2v) is 8.89. The predicted molar refractivity (Wildman–Crippen MR) is 139 cm³/mol. The van der Waals surface area contributed by atoms with E-state index in [1.165, 1.54) is 10.7 Å². The molecule has 0 spiro atoms. The minimum Gasteiger partial charge on any atom is -0.493 e. The van der Waals surface area contributed by atoms with Gasteiger partial charge in [-0.25, -0.2) is 9.07 Å². The number of rotatable bonds is 8. The number of nitrogens with zero attached hydrogens (tertiary/aromatic N) is 3. The van der Waals surface area contributed by atoms with Gasteiger partial charge >= 0.3 is 0 Å². The highest BCUT2D eigenvalue weighted by atomic mass is 35.5. The molecule has 36 heavy (non-hydrogen) atoms. The molecule has 0 N–H and O–H groups in total. The number of carbonyl (C=O) groups is 1. The van der Waals surface area contributed by atoms with Crippen LogP contribution in [0, 0.1) is 5.82 Å². The van der Waals surface area contributed by atoms with E-state index in [4.69, 9.17) is 32.7 Å². The number of benzene rings is 3. The molecule has 0 fully saturated rings. The van der Waals surface area contributed by atoms with Gasteiger partial charge in [0, 0.05) is 19.2 Å². The van der Waals surface area contributed by atoms with Crippen LogP contribution in [0.2, 0.25) is 10.0 Å². The van der Waals surface area contributed by atoms with Gasteiger partial charge in [0.2, 0.25) is 0 Å². The quantitative estimate of drug-likeness (QED) is 0.269. The van der Waals surface area contributed by atoms with Crippen LogP contribution in [0.1, 0.15) is 16.1 Å². The highest BCUT2D eigenvalue weighted by molar-refractivity contribution is 6.42. The fourth-order valence-electron chi connectivity index (χ4n) is 3.78. The van der Waals surface area contributed by atoms with Crippen LogP contribution >= 0.6 is 23.2 Å². The number of aromatic nitrogens is 2. The molecule has 0 atom stereocenters. The van der Waals surface area contributed by atoms with Crippen molar-refractivity contribution < 1.29 is 18.7 Å². The molecule has 186 valence electrons. The second kappa shape index (κ2) is 11.0. The van der Waals surface area contributed by atoms with Crippen molar-refractivity contribution in [1.29, 1.82) is 0 Å². The lowest BCUT2D eigenvalue weighted by Crippen LogP contribution is -2.30. The summed E-state index contributed by atoms with van der Waals surface area (Å²) >= 11 is 12.3. The summed E-state index contributed by atoms with van der Waals surface area (Å²) in [7, 11) is 4.86. The van der Waals surface area contributed by atoms with Crippen molar-refractivity contribution >= 4 is 29.1 Å². The van der Waals surface area contributed by atoms with Crippen LogP contribution in [0.15, 0.2) is 66.7 Å². The molecule has 0 radical (unpaired) electrons. The summed E-state index contributed by atoms with van der Waals surface area (Å²) in [6.45, 7) is 0.426. The minimum atomic E-state index is -0.433. The van der Waals surface area contributed by atoms with Crippen molar-refractivity contribution in [2.75, 3.05) is 27.8 Å². The first-order valence-electron chi connectivity index (χ1n) is 11.1. The maximum absolute atomic E-state index is 14.5. The van der Waals surface area contributed by atoms with Gasteiger partial charge in [-0.1, -0.05) is 41.4 Å². The van der Waals surface area contributed by atoms with Gasteiger partial charge in [-0.15, -0.1) is 0 Å². The van der Waals surface area contributed by atoms with E-state index < -0.39 is 5.82 Å². The molecular formula is C27H24Cl2FN3O3. The van der Waals surface area contributed by atoms with Crippen LogP contribution in [-0.2, 0) is 6.42 Å². The van der Waals surface area contributed by atoms with E-state index in [1.807, 2.05) is 18.2 Å². The van der Waals surface area contributed by atoms with Crippen molar-refractivity contribution in [3.63, 3.8) is 0 Å². The van der Waals surface area contributed by atoms with Gasteiger partial charge in [0.1, 0.15) is 11.5 Å². The number of hydrogen-bond acceptors (Lipinski definition) is 4. The first-order chi connectivity index (χ1) is 17.3. The van der Waals surface area contributed by atoms with E-state index in [1.54, 1.807) is 68.6 Å². The molecular weight excluding hydrogens is 504 g/mol. The summed E-state index contributed by atoms with van der Waals surface area (Å²) in [4.78, 5) is 15.1. The summed E-state index contributed by atoms with van der Waals surface area (Å²) < 4.78 is 26.6. The van der Waals surface area contributed by atoms with Crippen molar-refractivity contribution in [3.8, 4) is 28.4 Å². The molecule has 0 aliphatic heterocycles. The number of amides is 1. The molecule has 0 aliphatic rings. The number of likely N-dealkylation sites (N-methyl/N-ethyl adjacent to an activating group) is 1. The normalized spacial score (nSPS) is 10.8. The molecule has 1 heterocycles. The fourth-order valence-corrected chi connectivity index (χ4v) is 4.07. The predicted octanol–water partition coefficient (Wildman–Crippen LogP) is 6.32. The number of ether oxygens (including phenoxy) is 2. The molecule has 6 nitrogen and oxygen atoms in total. The second-order valence-electron chi connectivity index (χ2n) is 8.07. The Bertz CT molecular complexity index is 1410. The van der Waals surface area contributed by atoms with Gasteiger partial charge in [0.25, 0.3) is 5.91 Å². The largest absolute Gasteiger partial charge is 0.493 e. The standard InChI is InChI=1S/C27H24Cl2FN3O3/c1-32(13-12-17-8-11-25(35-2)26(14-17)36-3)27(34)24-16-23(19-6-4-5-7-22(19)30)31-33(24)18-9-10-20(28)21(29)15-18/h4-11,14-16H,12-13H2,1-3H3. The van der Waals surface area contributed by atoms with Crippen LogP contribution in [0.4, 0.5) is 4.39 Å². The lowest BCUT2D eigenvalue weighted by molar-refractivity contribution is 0.0787. The molecule has 0 saturated carbocycles. The van der Waals surface area contributed by atoms with Gasteiger partial charge in [0.15, 0.2) is 11.5 Å². The van der Waals surface area contributed by atoms with Crippen molar-refractivity contribution in [3.05, 3.63) is 93.8 Å². The molecule has 0 saturated heterocycles. The third-order valence-corrected chi connectivity index (χ3v) is 6.50. The summed E-state index contributed by atoms with van der Waals surface area (Å²) in [5.41, 5.74) is 2.40. The summed E-state index contributed by atoms with van der Waals surface area (Å²) in [5, 5.41) is 5.24. The van der Waals surface area contributed by atoms with E-state index in [-0.39, 0.29) is 11.6 Å². The summed E-state index contributed by atoms with van der Waals surface area (Å²) in [6.07, 6.45) is 0.587. The lowest BCUT2D eigenvalue weighted by Gasteiger charge is -2.18. The van der Waals surface area contributed by atoms with Gasteiger partial charge in [-0.3, -0.25) is 4.79 Å². The average molecular weight is 528 g/mol. The van der Waals surface area contributed by atoms with Crippen LogP contribution in [0.5, 0.6) is 11.5 Å².